The summed E-state index contributed by atoms with van der Waals surface area (Å²) in [5, 5.41) is 5.31. The average molecular weight is 369 g/mol. The number of benzene rings is 1. The molecule has 0 saturated heterocycles. The van der Waals surface area contributed by atoms with Crippen molar-refractivity contribution in [2.45, 2.75) is 40.5 Å². The van der Waals surface area contributed by atoms with Crippen LogP contribution in [0.3, 0.4) is 0 Å². The topological polar surface area (TPSA) is 80.3 Å². The predicted octanol–water partition coefficient (Wildman–Crippen LogP) is 3.98. The smallest absolute Gasteiger partial charge is 0.243 e. The summed E-state index contributed by atoms with van der Waals surface area (Å²) in [6, 6.07) is 9.24. The van der Waals surface area contributed by atoms with E-state index in [0.29, 0.717) is 29.7 Å². The van der Waals surface area contributed by atoms with E-state index in [2.05, 4.69) is 29.5 Å². The Kier molecular flexibility index (Phi) is 7.34. The van der Waals surface area contributed by atoms with Gasteiger partial charge in [-0.15, -0.1) is 0 Å². The molecule has 144 valence electrons. The summed E-state index contributed by atoms with van der Waals surface area (Å²) in [5.74, 6) is 1.21. The van der Waals surface area contributed by atoms with Gasteiger partial charge in [0.1, 0.15) is 5.75 Å². The second kappa shape index (κ2) is 9.71. The minimum absolute atomic E-state index is 0.0577. The molecule has 1 aromatic heterocycles. The maximum Gasteiger partial charge on any atom is 0.243 e. The van der Waals surface area contributed by atoms with E-state index in [1.165, 1.54) is 11.8 Å². The number of aromatic nitrogens is 1. The first-order valence-corrected chi connectivity index (χ1v) is 9.11. The fraction of sp³-hybridized carbons (Fsp3) is 0.381. The van der Waals surface area contributed by atoms with Crippen molar-refractivity contribution in [3.63, 3.8) is 0 Å². The van der Waals surface area contributed by atoms with Crippen LogP contribution >= 0.6 is 0 Å². The largest absolute Gasteiger partial charge is 0.439 e. The summed E-state index contributed by atoms with van der Waals surface area (Å²) in [7, 11) is 0. The van der Waals surface area contributed by atoms with E-state index in [4.69, 9.17) is 4.74 Å². The average Bonchev–Trinajstić information content (AvgIpc) is 2.63. The standard InChI is InChI=1S/C21H27N3O3/c1-14(2)5-9-19(25)22-13-20(26)24-17-7-10-21(23-12-17)27-18-8-6-15(3)16(4)11-18/h6-8,10-12,14H,5,9,13H2,1-4H3,(H,22,25)(H,24,26). The Balaban J connectivity index is 1.81. The van der Waals surface area contributed by atoms with E-state index in [1.807, 2.05) is 32.0 Å². The van der Waals surface area contributed by atoms with Crippen molar-refractivity contribution in [3.8, 4) is 11.6 Å². The van der Waals surface area contributed by atoms with Gasteiger partial charge in [0.15, 0.2) is 0 Å². The number of carbonyl (C=O) groups excluding carboxylic acids is 2. The minimum atomic E-state index is -0.294. The van der Waals surface area contributed by atoms with E-state index in [9.17, 15) is 9.59 Å². The summed E-state index contributed by atoms with van der Waals surface area (Å²) in [4.78, 5) is 27.8. The molecule has 0 radical (unpaired) electrons. The van der Waals surface area contributed by atoms with E-state index in [-0.39, 0.29) is 18.4 Å². The number of pyridine rings is 1. The molecule has 0 atom stereocenters. The zero-order chi connectivity index (χ0) is 19.8. The molecule has 6 nitrogen and oxygen atoms in total. The van der Waals surface area contributed by atoms with Crippen molar-refractivity contribution >= 4 is 17.5 Å². The van der Waals surface area contributed by atoms with Crippen molar-refractivity contribution in [2.75, 3.05) is 11.9 Å². The first-order chi connectivity index (χ1) is 12.8. The Hall–Kier alpha value is -2.89. The van der Waals surface area contributed by atoms with Gasteiger partial charge < -0.3 is 15.4 Å². The van der Waals surface area contributed by atoms with Gasteiger partial charge in [-0.05, 0) is 55.5 Å². The monoisotopic (exact) mass is 369 g/mol. The van der Waals surface area contributed by atoms with Crippen LogP contribution in [0.2, 0.25) is 0 Å². The van der Waals surface area contributed by atoms with Crippen molar-refractivity contribution in [1.29, 1.82) is 0 Å². The van der Waals surface area contributed by atoms with Crippen LogP contribution in [0.4, 0.5) is 5.69 Å². The molecule has 0 bridgehead atoms. The van der Waals surface area contributed by atoms with Crippen LogP contribution in [-0.2, 0) is 9.59 Å². The van der Waals surface area contributed by atoms with Crippen molar-refractivity contribution in [3.05, 3.63) is 47.7 Å². The summed E-state index contributed by atoms with van der Waals surface area (Å²) < 4.78 is 5.72. The van der Waals surface area contributed by atoms with Crippen molar-refractivity contribution in [2.24, 2.45) is 5.92 Å². The summed E-state index contributed by atoms with van der Waals surface area (Å²) in [6.07, 6.45) is 2.76. The van der Waals surface area contributed by atoms with Gasteiger partial charge in [-0.25, -0.2) is 4.98 Å². The van der Waals surface area contributed by atoms with Gasteiger partial charge >= 0.3 is 0 Å². The van der Waals surface area contributed by atoms with Gasteiger partial charge in [0.25, 0.3) is 0 Å². The molecule has 2 rings (SSSR count). The molecule has 0 aliphatic heterocycles. The zero-order valence-electron chi connectivity index (χ0n) is 16.3. The number of amides is 2. The van der Waals surface area contributed by atoms with Crippen LogP contribution in [0.25, 0.3) is 0 Å². The summed E-state index contributed by atoms with van der Waals surface area (Å²) >= 11 is 0. The number of hydrogen-bond donors (Lipinski definition) is 2. The summed E-state index contributed by atoms with van der Waals surface area (Å²) in [5.41, 5.74) is 2.89. The molecule has 0 saturated carbocycles. The Morgan fingerprint density at radius 1 is 1.07 bits per heavy atom. The number of hydrogen-bond acceptors (Lipinski definition) is 4. The second-order valence-corrected chi connectivity index (χ2v) is 6.99. The highest BCUT2D eigenvalue weighted by Gasteiger charge is 2.08. The third-order valence-corrected chi connectivity index (χ3v) is 4.12. The van der Waals surface area contributed by atoms with Crippen molar-refractivity contribution < 1.29 is 14.3 Å². The number of carbonyl (C=O) groups is 2. The maximum atomic E-state index is 11.9. The Morgan fingerprint density at radius 3 is 2.48 bits per heavy atom. The third-order valence-electron chi connectivity index (χ3n) is 4.12. The number of nitrogens with zero attached hydrogens (tertiary/aromatic N) is 1. The molecular formula is C21H27N3O3. The van der Waals surface area contributed by atoms with E-state index in [1.54, 1.807) is 12.1 Å². The highest BCUT2D eigenvalue weighted by molar-refractivity contribution is 5.94. The number of aryl methyl sites for hydroxylation is 2. The molecule has 1 heterocycles. The third kappa shape index (κ3) is 7.09. The van der Waals surface area contributed by atoms with E-state index >= 15 is 0 Å². The van der Waals surface area contributed by atoms with Crippen LogP contribution in [0.5, 0.6) is 11.6 Å². The first-order valence-electron chi connectivity index (χ1n) is 9.11. The molecular weight excluding hydrogens is 342 g/mol. The molecule has 0 aliphatic rings. The van der Waals surface area contributed by atoms with Crippen molar-refractivity contribution in [1.82, 2.24) is 10.3 Å². The zero-order valence-corrected chi connectivity index (χ0v) is 16.3. The first kappa shape index (κ1) is 20.4. The lowest BCUT2D eigenvalue weighted by Gasteiger charge is -2.09. The maximum absolute atomic E-state index is 11.9. The molecule has 0 unspecified atom stereocenters. The van der Waals surface area contributed by atoms with Crippen LogP contribution in [0, 0.1) is 19.8 Å². The van der Waals surface area contributed by atoms with Crippen LogP contribution in [0.1, 0.15) is 37.8 Å². The molecule has 0 spiro atoms. The number of ether oxygens (including phenoxy) is 1. The molecule has 6 heteroatoms. The molecule has 0 aliphatic carbocycles. The fourth-order valence-corrected chi connectivity index (χ4v) is 2.30. The molecule has 27 heavy (non-hydrogen) atoms. The Morgan fingerprint density at radius 2 is 1.85 bits per heavy atom. The summed E-state index contributed by atoms with van der Waals surface area (Å²) in [6.45, 7) is 8.12. The van der Waals surface area contributed by atoms with Gasteiger partial charge in [-0.3, -0.25) is 9.59 Å². The molecule has 2 amide bonds. The van der Waals surface area contributed by atoms with Gasteiger partial charge in [0.2, 0.25) is 17.7 Å². The molecule has 2 N–H and O–H groups in total. The SMILES string of the molecule is Cc1ccc(Oc2ccc(NC(=O)CNC(=O)CCC(C)C)cn2)cc1C. The second-order valence-electron chi connectivity index (χ2n) is 6.99. The van der Waals surface area contributed by atoms with Gasteiger partial charge in [-0.2, -0.15) is 0 Å². The highest BCUT2D eigenvalue weighted by atomic mass is 16.5. The highest BCUT2D eigenvalue weighted by Crippen LogP contribution is 2.22. The van der Waals surface area contributed by atoms with Crippen LogP contribution in [0.15, 0.2) is 36.5 Å². The van der Waals surface area contributed by atoms with Gasteiger partial charge in [-0.1, -0.05) is 19.9 Å². The molecule has 0 fully saturated rings. The number of anilines is 1. The van der Waals surface area contributed by atoms with E-state index in [0.717, 1.165) is 12.0 Å². The lowest BCUT2D eigenvalue weighted by atomic mass is 10.1. The van der Waals surface area contributed by atoms with Gasteiger partial charge in [0, 0.05) is 12.5 Å². The molecule has 1 aromatic carbocycles. The Bertz CT molecular complexity index is 786. The fourth-order valence-electron chi connectivity index (χ4n) is 2.30. The minimum Gasteiger partial charge on any atom is -0.439 e. The quantitative estimate of drug-likeness (QED) is 0.737. The van der Waals surface area contributed by atoms with Crippen LogP contribution < -0.4 is 15.4 Å². The number of rotatable bonds is 8. The lowest BCUT2D eigenvalue weighted by molar-refractivity contribution is -0.124. The van der Waals surface area contributed by atoms with Crippen LogP contribution in [-0.4, -0.2) is 23.3 Å². The van der Waals surface area contributed by atoms with Gasteiger partial charge in [0.05, 0.1) is 18.4 Å². The Labute approximate surface area is 160 Å². The predicted molar refractivity (Wildman–Crippen MR) is 106 cm³/mol. The molecule has 2 aromatic rings. The lowest BCUT2D eigenvalue weighted by Crippen LogP contribution is -2.32. The normalized spacial score (nSPS) is 10.6. The number of nitrogens with one attached hydrogen (secondary N) is 2. The van der Waals surface area contributed by atoms with E-state index < -0.39 is 0 Å².